The maximum Gasteiger partial charge on any atom is 0.158 e. The number of benzene rings is 4. The molecule has 1 spiro atoms. The largest absolute Gasteiger partial charge is 0.318 e. The van der Waals surface area contributed by atoms with Crippen LogP contribution in [-0.2, 0) is 10.3 Å². The van der Waals surface area contributed by atoms with Crippen molar-refractivity contribution >= 4 is 23.5 Å². The van der Waals surface area contributed by atoms with Gasteiger partial charge in [-0.3, -0.25) is 4.79 Å². The summed E-state index contributed by atoms with van der Waals surface area (Å²) in [5.41, 5.74) is 5.84. The second kappa shape index (κ2) is 11.5. The summed E-state index contributed by atoms with van der Waals surface area (Å²) in [5.74, 6) is 0.332. The van der Waals surface area contributed by atoms with Gasteiger partial charge >= 0.3 is 0 Å². The highest BCUT2D eigenvalue weighted by atomic mass is 35.5. The van der Waals surface area contributed by atoms with Crippen molar-refractivity contribution in [3.8, 4) is 11.3 Å². The molecule has 214 valence electrons. The number of allylic oxidation sites excluding steroid dienone is 1. The molecule has 4 aromatic carbocycles. The van der Waals surface area contributed by atoms with E-state index in [2.05, 4.69) is 83.6 Å². The maximum absolute atomic E-state index is 13.2. The lowest BCUT2D eigenvalue weighted by atomic mass is 9.77. The molecule has 0 radical (unpaired) electrons. The Morgan fingerprint density at radius 3 is 1.86 bits per heavy atom. The number of carbonyl (C=O) groups is 1. The fourth-order valence-corrected chi connectivity index (χ4v) is 7.29. The lowest BCUT2D eigenvalue weighted by Crippen LogP contribution is -2.36. The zero-order valence-corrected chi connectivity index (χ0v) is 25.0. The van der Waals surface area contributed by atoms with E-state index in [1.807, 2.05) is 48.8 Å². The Labute approximate surface area is 258 Å². The van der Waals surface area contributed by atoms with E-state index in [1.54, 1.807) is 6.08 Å². The fourth-order valence-electron chi connectivity index (χ4n) is 7.05. The summed E-state index contributed by atoms with van der Waals surface area (Å²) in [6, 6.07) is 37.6. The first-order valence-electron chi connectivity index (χ1n) is 15.3. The first-order valence-corrected chi connectivity index (χ1v) is 15.7. The van der Waals surface area contributed by atoms with Gasteiger partial charge in [0, 0.05) is 28.3 Å². The Bertz CT molecular complexity index is 1650. The quantitative estimate of drug-likeness (QED) is 0.135. The average molecular weight is 583 g/mol. The molecule has 5 aromatic rings. The van der Waals surface area contributed by atoms with Crippen molar-refractivity contribution in [2.75, 3.05) is 0 Å². The lowest BCUT2D eigenvalue weighted by molar-refractivity contribution is -0.119. The summed E-state index contributed by atoms with van der Waals surface area (Å²) in [6.45, 7) is 0. The molecule has 3 nitrogen and oxygen atoms in total. The van der Waals surface area contributed by atoms with E-state index in [1.165, 1.54) is 25.7 Å². The zero-order valence-electron chi connectivity index (χ0n) is 24.2. The minimum Gasteiger partial charge on any atom is -0.318 e. The summed E-state index contributed by atoms with van der Waals surface area (Å²) in [6.07, 6.45) is 14.8. The highest BCUT2D eigenvalue weighted by molar-refractivity contribution is 6.32. The van der Waals surface area contributed by atoms with Gasteiger partial charge in [0.2, 0.25) is 0 Å². The third-order valence-electron chi connectivity index (χ3n) is 9.69. The van der Waals surface area contributed by atoms with Gasteiger partial charge in [0.25, 0.3) is 0 Å². The van der Waals surface area contributed by atoms with E-state index in [0.29, 0.717) is 10.4 Å². The Morgan fingerprint density at radius 1 is 0.767 bits per heavy atom. The Balaban J connectivity index is 1.30. The van der Waals surface area contributed by atoms with Crippen LogP contribution in [0.1, 0.15) is 60.8 Å². The van der Waals surface area contributed by atoms with Gasteiger partial charge in [0.15, 0.2) is 5.78 Å². The monoisotopic (exact) mass is 582 g/mol. The van der Waals surface area contributed by atoms with Crippen LogP contribution in [0.15, 0.2) is 128 Å². The minimum absolute atomic E-state index is 0.121. The summed E-state index contributed by atoms with van der Waals surface area (Å²) >= 11 is 6.78. The van der Waals surface area contributed by atoms with Crippen molar-refractivity contribution in [1.82, 2.24) is 9.55 Å². The number of hydrogen-bond donors (Lipinski definition) is 0. The van der Waals surface area contributed by atoms with E-state index in [0.717, 1.165) is 46.4 Å². The van der Waals surface area contributed by atoms with Gasteiger partial charge in [-0.15, -0.1) is 0 Å². The molecule has 43 heavy (non-hydrogen) atoms. The van der Waals surface area contributed by atoms with Crippen LogP contribution in [0.4, 0.5) is 0 Å². The lowest BCUT2D eigenvalue weighted by Gasteiger charge is -2.37. The number of aromatic nitrogens is 2. The van der Waals surface area contributed by atoms with Crippen LogP contribution >= 0.6 is 11.6 Å². The predicted octanol–water partition coefficient (Wildman–Crippen LogP) is 9.60. The summed E-state index contributed by atoms with van der Waals surface area (Å²) in [4.78, 5) is 18.2. The van der Waals surface area contributed by atoms with Crippen LogP contribution in [-0.4, -0.2) is 15.3 Å². The predicted molar refractivity (Wildman–Crippen MR) is 175 cm³/mol. The van der Waals surface area contributed by atoms with Crippen LogP contribution in [0, 0.1) is 11.3 Å². The molecule has 2 aliphatic carbocycles. The molecule has 2 fully saturated rings. The third kappa shape index (κ3) is 5.17. The van der Waals surface area contributed by atoms with E-state index >= 15 is 0 Å². The Kier molecular flexibility index (Phi) is 7.36. The Morgan fingerprint density at radius 2 is 1.33 bits per heavy atom. The molecule has 0 unspecified atom stereocenters. The highest BCUT2D eigenvalue weighted by Crippen LogP contribution is 2.57. The van der Waals surface area contributed by atoms with E-state index < -0.39 is 5.54 Å². The maximum atomic E-state index is 13.2. The number of ketones is 1. The zero-order chi connectivity index (χ0) is 29.3. The second-order valence-corrected chi connectivity index (χ2v) is 12.6. The van der Waals surface area contributed by atoms with Gasteiger partial charge in [-0.05, 0) is 78.8 Å². The molecule has 0 amide bonds. The number of halogens is 1. The third-order valence-corrected chi connectivity index (χ3v) is 10.0. The van der Waals surface area contributed by atoms with Crippen LogP contribution in [0.3, 0.4) is 0 Å². The molecule has 0 saturated heterocycles. The number of imidazole rings is 1. The van der Waals surface area contributed by atoms with Crippen molar-refractivity contribution in [1.29, 1.82) is 0 Å². The SMILES string of the molecule is O=C(/C=C/c1c(Cl)cccc1-c1cn(C(c2ccccc2)(c2ccccc2)c2ccccc2)cn1)C1CCC2(CC1)CC2. The number of rotatable bonds is 8. The van der Waals surface area contributed by atoms with Crippen molar-refractivity contribution in [2.45, 2.75) is 44.1 Å². The van der Waals surface area contributed by atoms with Gasteiger partial charge in [-0.2, -0.15) is 0 Å². The minimum atomic E-state index is -0.653. The molecule has 0 atom stereocenters. The smallest absolute Gasteiger partial charge is 0.158 e. The first kappa shape index (κ1) is 27.6. The number of carbonyl (C=O) groups excluding carboxylic acids is 1. The van der Waals surface area contributed by atoms with Gasteiger partial charge in [-0.25, -0.2) is 4.98 Å². The summed E-state index contributed by atoms with van der Waals surface area (Å²) in [5, 5.41) is 0.608. The molecule has 0 N–H and O–H groups in total. The molecular formula is C39H35ClN2O. The van der Waals surface area contributed by atoms with Crippen LogP contribution in [0.5, 0.6) is 0 Å². The molecule has 7 rings (SSSR count). The molecule has 2 aliphatic rings. The average Bonchev–Trinajstić information content (AvgIpc) is 3.63. The number of nitrogens with zero attached hydrogens (tertiary/aromatic N) is 2. The van der Waals surface area contributed by atoms with Gasteiger partial charge in [0.1, 0.15) is 5.54 Å². The molecule has 0 aliphatic heterocycles. The molecule has 1 heterocycles. The molecule has 1 aromatic heterocycles. The van der Waals surface area contributed by atoms with Gasteiger partial charge in [0.05, 0.1) is 12.0 Å². The van der Waals surface area contributed by atoms with Crippen LogP contribution < -0.4 is 0 Å². The van der Waals surface area contributed by atoms with Crippen molar-refractivity contribution < 1.29 is 4.79 Å². The summed E-state index contributed by atoms with van der Waals surface area (Å²) in [7, 11) is 0. The molecule has 2 saturated carbocycles. The summed E-state index contributed by atoms with van der Waals surface area (Å²) < 4.78 is 2.21. The Hall–Kier alpha value is -4.21. The number of hydrogen-bond acceptors (Lipinski definition) is 2. The van der Waals surface area contributed by atoms with Gasteiger partial charge < -0.3 is 4.57 Å². The molecule has 0 bridgehead atoms. The van der Waals surface area contributed by atoms with Crippen molar-refractivity contribution in [3.63, 3.8) is 0 Å². The van der Waals surface area contributed by atoms with Crippen LogP contribution in [0.25, 0.3) is 17.3 Å². The van der Waals surface area contributed by atoms with E-state index in [4.69, 9.17) is 16.6 Å². The fraction of sp³-hybridized carbons (Fsp3) is 0.231. The van der Waals surface area contributed by atoms with Gasteiger partial charge in [-0.1, -0.05) is 115 Å². The van der Waals surface area contributed by atoms with Crippen molar-refractivity contribution in [3.05, 3.63) is 155 Å². The molecule has 4 heteroatoms. The topological polar surface area (TPSA) is 34.9 Å². The normalized spacial score (nSPS) is 16.5. The van der Waals surface area contributed by atoms with Crippen LogP contribution in [0.2, 0.25) is 5.02 Å². The molecular weight excluding hydrogens is 548 g/mol. The van der Waals surface area contributed by atoms with E-state index in [9.17, 15) is 4.79 Å². The second-order valence-electron chi connectivity index (χ2n) is 12.2. The first-order chi connectivity index (χ1) is 21.1. The highest BCUT2D eigenvalue weighted by Gasteiger charge is 2.45. The van der Waals surface area contributed by atoms with E-state index in [-0.39, 0.29) is 11.7 Å². The van der Waals surface area contributed by atoms with Crippen molar-refractivity contribution in [2.24, 2.45) is 11.3 Å². The standard InChI is InChI=1S/C39H35ClN2O/c40-35-18-10-17-34(33(35)19-20-37(43)29-21-23-38(24-22-29)25-26-38)36-27-42(28-41-36)39(30-11-4-1-5-12-30,31-13-6-2-7-14-31)32-15-8-3-9-16-32/h1-20,27-29H,21-26H2/b20-19+.